The van der Waals surface area contributed by atoms with Crippen LogP contribution in [-0.2, 0) is 5.33 Å². The fourth-order valence-electron chi connectivity index (χ4n) is 1.12. The Morgan fingerprint density at radius 1 is 1.36 bits per heavy atom. The molecule has 0 atom stereocenters. The second-order valence-corrected chi connectivity index (χ2v) is 4.13. The zero-order chi connectivity index (χ0) is 9.97. The number of hydrogen-bond donors (Lipinski definition) is 0. The molecule has 0 spiro atoms. The number of hydrogen-bond acceptors (Lipinski definition) is 2. The molecule has 3 nitrogen and oxygen atoms in total. The molecule has 14 heavy (non-hydrogen) atoms. The van der Waals surface area contributed by atoms with E-state index in [0.717, 1.165) is 21.3 Å². The van der Waals surface area contributed by atoms with Crippen molar-refractivity contribution in [3.63, 3.8) is 0 Å². The van der Waals surface area contributed by atoms with E-state index in [1.165, 1.54) is 0 Å². The van der Waals surface area contributed by atoms with Crippen LogP contribution >= 0.6 is 31.9 Å². The number of pyridine rings is 1. The quantitative estimate of drug-likeness (QED) is 0.798. The lowest BCUT2D eigenvalue weighted by molar-refractivity contribution is 0.984. The first-order valence-electron chi connectivity index (χ1n) is 4.01. The summed E-state index contributed by atoms with van der Waals surface area (Å²) in [5.41, 5.74) is 0.988. The van der Waals surface area contributed by atoms with E-state index in [2.05, 4.69) is 41.8 Å². The first-order valence-corrected chi connectivity index (χ1v) is 5.92. The van der Waals surface area contributed by atoms with Crippen molar-refractivity contribution in [1.29, 1.82) is 0 Å². The summed E-state index contributed by atoms with van der Waals surface area (Å²) in [6.07, 6.45) is 5.46. The average molecular weight is 317 g/mol. The first-order chi connectivity index (χ1) is 6.81. The zero-order valence-corrected chi connectivity index (χ0v) is 10.4. The number of rotatable bonds is 2. The molecule has 0 aliphatic heterocycles. The summed E-state index contributed by atoms with van der Waals surface area (Å²) in [5, 5.41) is 0.754. The van der Waals surface area contributed by atoms with Gasteiger partial charge >= 0.3 is 0 Å². The highest BCUT2D eigenvalue weighted by molar-refractivity contribution is 9.10. The largest absolute Gasteiger partial charge is 0.289 e. The van der Waals surface area contributed by atoms with Crippen molar-refractivity contribution in [2.24, 2.45) is 0 Å². The molecule has 72 valence electrons. The normalized spacial score (nSPS) is 10.4. The Bertz CT molecular complexity index is 439. The molecule has 2 aromatic rings. The van der Waals surface area contributed by atoms with Gasteiger partial charge in [0.05, 0.1) is 10.2 Å². The van der Waals surface area contributed by atoms with Crippen LogP contribution in [0.25, 0.3) is 5.82 Å². The molecular formula is C9H7Br2N3. The van der Waals surface area contributed by atoms with Gasteiger partial charge in [-0.2, -0.15) is 0 Å². The Balaban J connectivity index is 2.44. The van der Waals surface area contributed by atoms with Gasteiger partial charge in [0.25, 0.3) is 0 Å². The van der Waals surface area contributed by atoms with Crippen LogP contribution in [0, 0.1) is 0 Å². The Kier molecular flexibility index (Phi) is 2.98. The van der Waals surface area contributed by atoms with Crippen LogP contribution in [0.15, 0.2) is 35.3 Å². The topological polar surface area (TPSA) is 30.7 Å². The third kappa shape index (κ3) is 1.88. The van der Waals surface area contributed by atoms with E-state index in [4.69, 9.17) is 0 Å². The van der Waals surface area contributed by atoms with Gasteiger partial charge < -0.3 is 0 Å². The van der Waals surface area contributed by atoms with E-state index in [9.17, 15) is 0 Å². The van der Waals surface area contributed by atoms with Gasteiger partial charge in [-0.15, -0.1) is 0 Å². The van der Waals surface area contributed by atoms with Gasteiger partial charge in [-0.1, -0.05) is 15.9 Å². The maximum Gasteiger partial charge on any atom is 0.152 e. The molecule has 0 fully saturated rings. The van der Waals surface area contributed by atoms with Gasteiger partial charge in [0, 0.05) is 17.7 Å². The minimum Gasteiger partial charge on any atom is -0.289 e. The van der Waals surface area contributed by atoms with Crippen LogP contribution < -0.4 is 0 Å². The molecule has 2 aromatic heterocycles. The first kappa shape index (κ1) is 9.86. The highest BCUT2D eigenvalue weighted by atomic mass is 79.9. The second-order valence-electron chi connectivity index (χ2n) is 2.71. The van der Waals surface area contributed by atoms with Crippen molar-refractivity contribution in [2.75, 3.05) is 0 Å². The molecule has 0 radical (unpaired) electrons. The molecule has 0 aliphatic carbocycles. The predicted molar refractivity (Wildman–Crippen MR) is 61.7 cm³/mol. The van der Waals surface area contributed by atoms with Crippen LogP contribution in [0.4, 0.5) is 0 Å². The zero-order valence-electron chi connectivity index (χ0n) is 7.19. The number of alkyl halides is 1. The highest BCUT2D eigenvalue weighted by Crippen LogP contribution is 2.18. The smallest absolute Gasteiger partial charge is 0.152 e. The van der Waals surface area contributed by atoms with E-state index in [1.54, 1.807) is 12.5 Å². The minimum absolute atomic E-state index is 0.754. The molecule has 0 saturated heterocycles. The van der Waals surface area contributed by atoms with E-state index in [-0.39, 0.29) is 0 Å². The summed E-state index contributed by atoms with van der Waals surface area (Å²) >= 11 is 6.80. The maximum absolute atomic E-state index is 4.26. The molecule has 5 heteroatoms. The summed E-state index contributed by atoms with van der Waals surface area (Å²) < 4.78 is 2.85. The number of nitrogens with zero attached hydrogens (tertiary/aromatic N) is 3. The van der Waals surface area contributed by atoms with E-state index < -0.39 is 0 Å². The van der Waals surface area contributed by atoms with Gasteiger partial charge in [-0.3, -0.25) is 4.57 Å². The van der Waals surface area contributed by atoms with Gasteiger partial charge in [-0.05, 0) is 28.1 Å². The summed E-state index contributed by atoms with van der Waals surface area (Å²) in [7, 11) is 0. The molecule has 2 heterocycles. The molecule has 0 bridgehead atoms. The SMILES string of the molecule is BrCc1cn(-c2ncccc2Br)cn1. The fraction of sp³-hybridized carbons (Fsp3) is 0.111. The lowest BCUT2D eigenvalue weighted by atomic mass is 10.4. The third-order valence-corrected chi connectivity index (χ3v) is 2.95. The second kappa shape index (κ2) is 4.23. The van der Waals surface area contributed by atoms with Crippen molar-refractivity contribution >= 4 is 31.9 Å². The van der Waals surface area contributed by atoms with Crippen LogP contribution in [-0.4, -0.2) is 14.5 Å². The minimum atomic E-state index is 0.754. The van der Waals surface area contributed by atoms with Gasteiger partial charge in [-0.25, -0.2) is 9.97 Å². The van der Waals surface area contributed by atoms with E-state index in [0.29, 0.717) is 0 Å². The monoisotopic (exact) mass is 315 g/mol. The molecule has 2 rings (SSSR count). The van der Waals surface area contributed by atoms with Crippen molar-refractivity contribution in [3.05, 3.63) is 41.0 Å². The standard InChI is InChI=1S/C9H7Br2N3/c10-4-7-5-14(6-13-7)9-8(11)2-1-3-12-9/h1-3,5-6H,4H2. The predicted octanol–water partition coefficient (Wildman–Crippen LogP) is 2.92. The van der Waals surface area contributed by atoms with E-state index >= 15 is 0 Å². The molecule has 0 unspecified atom stereocenters. The van der Waals surface area contributed by atoms with Crippen molar-refractivity contribution in [2.45, 2.75) is 5.33 Å². The fourth-order valence-corrected chi connectivity index (χ4v) is 1.87. The van der Waals surface area contributed by atoms with Gasteiger partial charge in [0.15, 0.2) is 5.82 Å². The summed E-state index contributed by atoms with van der Waals surface area (Å²) in [6, 6.07) is 3.84. The average Bonchev–Trinajstić information content (AvgIpc) is 2.67. The Labute approximate surface area is 98.4 Å². The molecule has 0 N–H and O–H groups in total. The van der Waals surface area contributed by atoms with E-state index in [1.807, 2.05) is 22.9 Å². The van der Waals surface area contributed by atoms with Crippen molar-refractivity contribution in [3.8, 4) is 5.82 Å². The molecular weight excluding hydrogens is 310 g/mol. The van der Waals surface area contributed by atoms with Crippen molar-refractivity contribution in [1.82, 2.24) is 14.5 Å². The summed E-state index contributed by atoms with van der Waals surface area (Å²) in [5.74, 6) is 0.854. The summed E-state index contributed by atoms with van der Waals surface area (Å²) in [6.45, 7) is 0. The Morgan fingerprint density at radius 3 is 2.86 bits per heavy atom. The highest BCUT2D eigenvalue weighted by Gasteiger charge is 2.03. The Morgan fingerprint density at radius 2 is 2.21 bits per heavy atom. The lowest BCUT2D eigenvalue weighted by Gasteiger charge is -2.01. The lowest BCUT2D eigenvalue weighted by Crippen LogP contribution is -1.94. The van der Waals surface area contributed by atoms with Crippen LogP contribution in [0.3, 0.4) is 0 Å². The molecule has 0 amide bonds. The third-order valence-electron chi connectivity index (χ3n) is 1.76. The molecule has 0 saturated carbocycles. The number of imidazole rings is 1. The Hall–Kier alpha value is -0.680. The number of aromatic nitrogens is 3. The van der Waals surface area contributed by atoms with Crippen molar-refractivity contribution < 1.29 is 0 Å². The van der Waals surface area contributed by atoms with Crippen LogP contribution in [0.2, 0.25) is 0 Å². The molecule has 0 aromatic carbocycles. The van der Waals surface area contributed by atoms with Gasteiger partial charge in [0.1, 0.15) is 6.33 Å². The number of halogens is 2. The molecule has 0 aliphatic rings. The summed E-state index contributed by atoms with van der Waals surface area (Å²) in [4.78, 5) is 8.46. The van der Waals surface area contributed by atoms with Crippen LogP contribution in [0.1, 0.15) is 5.69 Å². The van der Waals surface area contributed by atoms with Crippen LogP contribution in [0.5, 0.6) is 0 Å². The maximum atomic E-state index is 4.26. The van der Waals surface area contributed by atoms with Gasteiger partial charge in [0.2, 0.25) is 0 Å².